The third kappa shape index (κ3) is 8.47. The van der Waals surface area contributed by atoms with E-state index in [2.05, 4.69) is 10.6 Å². The monoisotopic (exact) mass is 475 g/mol. The number of nitrogens with zero attached hydrogens (tertiary/aromatic N) is 1. The molecule has 0 aromatic heterocycles. The lowest BCUT2D eigenvalue weighted by Gasteiger charge is -2.37. The molecule has 2 amide bonds. The van der Waals surface area contributed by atoms with Crippen LogP contribution in [0.2, 0.25) is 0 Å². The van der Waals surface area contributed by atoms with Gasteiger partial charge in [0.05, 0.1) is 18.8 Å². The summed E-state index contributed by atoms with van der Waals surface area (Å²) in [6.07, 6.45) is 4.40. The average Bonchev–Trinajstić information content (AvgIpc) is 2.80. The summed E-state index contributed by atoms with van der Waals surface area (Å²) in [4.78, 5) is 27.5. The van der Waals surface area contributed by atoms with Gasteiger partial charge in [0.1, 0.15) is 18.0 Å². The molecule has 2 aliphatic rings. The molecule has 1 unspecified atom stereocenters. The lowest BCUT2D eigenvalue weighted by molar-refractivity contribution is 0.0165. The molecular weight excluding hydrogens is 434 g/mol. The molecule has 0 saturated carbocycles. The summed E-state index contributed by atoms with van der Waals surface area (Å²) in [5, 5.41) is 6.71. The Kier molecular flexibility index (Phi) is 10.0. The Bertz CT molecular complexity index is 787. The van der Waals surface area contributed by atoms with Crippen LogP contribution in [0.15, 0.2) is 24.3 Å². The second kappa shape index (κ2) is 13.0. The zero-order valence-electron chi connectivity index (χ0n) is 20.9. The zero-order chi connectivity index (χ0) is 24.4. The number of benzene rings is 1. The van der Waals surface area contributed by atoms with Crippen LogP contribution in [-0.2, 0) is 9.47 Å². The fourth-order valence-corrected chi connectivity index (χ4v) is 4.46. The van der Waals surface area contributed by atoms with Gasteiger partial charge < -0.3 is 29.7 Å². The zero-order valence-corrected chi connectivity index (χ0v) is 20.9. The maximum atomic E-state index is 13.3. The standard InChI is InChI=1S/C26H41N3O5/c1-26(2,3)34-25(31)29-15-11-20(12-16-29)22-9-6-7-13-27-14-17-32-18-19-33-23-10-5-4-8-21(23)24(30)28-22/h4-5,8,10,20,22,27H,6-7,9,11-19H2,1-3H3,(H,28,30). The molecule has 3 rings (SSSR count). The number of carbonyl (C=O) groups is 2. The molecule has 0 bridgehead atoms. The molecule has 2 N–H and O–H groups in total. The smallest absolute Gasteiger partial charge is 0.410 e. The molecule has 1 atom stereocenters. The molecule has 2 heterocycles. The van der Waals surface area contributed by atoms with Crippen LogP contribution < -0.4 is 15.4 Å². The maximum absolute atomic E-state index is 13.3. The van der Waals surface area contributed by atoms with Gasteiger partial charge in [-0.15, -0.1) is 0 Å². The van der Waals surface area contributed by atoms with Gasteiger partial charge in [-0.2, -0.15) is 0 Å². The predicted molar refractivity (Wildman–Crippen MR) is 131 cm³/mol. The number of para-hydroxylation sites is 1. The lowest BCUT2D eigenvalue weighted by atomic mass is 9.86. The third-order valence-corrected chi connectivity index (χ3v) is 6.24. The summed E-state index contributed by atoms with van der Waals surface area (Å²) in [7, 11) is 0. The van der Waals surface area contributed by atoms with Gasteiger partial charge in [0.15, 0.2) is 0 Å². The Morgan fingerprint density at radius 1 is 1.03 bits per heavy atom. The Balaban J connectivity index is 1.66. The van der Waals surface area contributed by atoms with E-state index < -0.39 is 5.60 Å². The maximum Gasteiger partial charge on any atom is 0.410 e. The van der Waals surface area contributed by atoms with Crippen molar-refractivity contribution in [2.75, 3.05) is 46.0 Å². The van der Waals surface area contributed by atoms with E-state index in [0.717, 1.165) is 45.2 Å². The summed E-state index contributed by atoms with van der Waals surface area (Å²) in [6.45, 7) is 10.2. The SMILES string of the molecule is CC(C)(C)OC(=O)N1CCC(C2CCCCNCCOCCOc3ccccc3C(=O)N2)CC1. The van der Waals surface area contributed by atoms with Gasteiger partial charge in [-0.05, 0) is 71.0 Å². The number of hydrogen-bond acceptors (Lipinski definition) is 6. The number of likely N-dealkylation sites (tertiary alicyclic amines) is 1. The second-order valence-corrected chi connectivity index (χ2v) is 10.1. The van der Waals surface area contributed by atoms with E-state index >= 15 is 0 Å². The van der Waals surface area contributed by atoms with Crippen LogP contribution in [0.1, 0.15) is 63.2 Å². The summed E-state index contributed by atoms with van der Waals surface area (Å²) >= 11 is 0. The van der Waals surface area contributed by atoms with Crippen molar-refractivity contribution in [2.45, 2.75) is 64.5 Å². The number of amides is 2. The minimum atomic E-state index is -0.499. The van der Waals surface area contributed by atoms with Crippen LogP contribution >= 0.6 is 0 Å². The van der Waals surface area contributed by atoms with Crippen molar-refractivity contribution in [1.29, 1.82) is 0 Å². The number of rotatable bonds is 1. The third-order valence-electron chi connectivity index (χ3n) is 6.24. The van der Waals surface area contributed by atoms with Crippen molar-refractivity contribution < 1.29 is 23.8 Å². The largest absolute Gasteiger partial charge is 0.490 e. The van der Waals surface area contributed by atoms with E-state index in [0.29, 0.717) is 50.1 Å². The molecule has 190 valence electrons. The minimum Gasteiger partial charge on any atom is -0.490 e. The van der Waals surface area contributed by atoms with Crippen LogP contribution in [0.3, 0.4) is 0 Å². The highest BCUT2D eigenvalue weighted by Crippen LogP contribution is 2.26. The second-order valence-electron chi connectivity index (χ2n) is 10.1. The van der Waals surface area contributed by atoms with Gasteiger partial charge in [0.2, 0.25) is 0 Å². The van der Waals surface area contributed by atoms with Crippen molar-refractivity contribution in [3.8, 4) is 5.75 Å². The number of piperidine rings is 1. The van der Waals surface area contributed by atoms with Crippen molar-refractivity contribution in [2.24, 2.45) is 5.92 Å². The van der Waals surface area contributed by atoms with Gasteiger partial charge in [-0.1, -0.05) is 18.6 Å². The van der Waals surface area contributed by atoms with Crippen LogP contribution in [0.25, 0.3) is 0 Å². The van der Waals surface area contributed by atoms with Gasteiger partial charge in [0.25, 0.3) is 5.91 Å². The molecule has 2 aliphatic heterocycles. The van der Waals surface area contributed by atoms with E-state index in [1.54, 1.807) is 11.0 Å². The highest BCUT2D eigenvalue weighted by Gasteiger charge is 2.31. The molecule has 1 aromatic carbocycles. The molecule has 0 spiro atoms. The predicted octanol–water partition coefficient (Wildman–Crippen LogP) is 3.60. The highest BCUT2D eigenvalue weighted by atomic mass is 16.6. The van der Waals surface area contributed by atoms with Crippen LogP contribution in [0, 0.1) is 5.92 Å². The first-order valence-corrected chi connectivity index (χ1v) is 12.6. The van der Waals surface area contributed by atoms with Crippen LogP contribution in [0.4, 0.5) is 4.79 Å². The van der Waals surface area contributed by atoms with Gasteiger partial charge in [-0.3, -0.25) is 4.79 Å². The minimum absolute atomic E-state index is 0.0533. The van der Waals surface area contributed by atoms with E-state index in [1.165, 1.54) is 0 Å². The number of nitrogens with one attached hydrogen (secondary N) is 2. The Labute approximate surface area is 203 Å². The van der Waals surface area contributed by atoms with Gasteiger partial charge in [0, 0.05) is 25.7 Å². The average molecular weight is 476 g/mol. The Hall–Kier alpha value is -2.32. The first-order valence-electron chi connectivity index (χ1n) is 12.6. The van der Waals surface area contributed by atoms with Crippen molar-refractivity contribution in [1.82, 2.24) is 15.5 Å². The summed E-state index contributed by atoms with van der Waals surface area (Å²) in [5.41, 5.74) is 0.0491. The van der Waals surface area contributed by atoms with Gasteiger partial charge in [-0.25, -0.2) is 4.79 Å². The summed E-state index contributed by atoms with van der Waals surface area (Å²) in [5.74, 6) is 0.782. The number of hydrogen-bond donors (Lipinski definition) is 2. The first-order chi connectivity index (χ1) is 16.3. The van der Waals surface area contributed by atoms with Crippen molar-refractivity contribution in [3.05, 3.63) is 29.8 Å². The molecule has 1 fully saturated rings. The molecule has 1 aromatic rings. The number of carbonyl (C=O) groups excluding carboxylic acids is 2. The topological polar surface area (TPSA) is 89.1 Å². The van der Waals surface area contributed by atoms with E-state index in [1.807, 2.05) is 39.0 Å². The van der Waals surface area contributed by atoms with E-state index in [-0.39, 0.29) is 18.0 Å². The van der Waals surface area contributed by atoms with Crippen LogP contribution in [-0.4, -0.2) is 74.5 Å². The van der Waals surface area contributed by atoms with E-state index in [9.17, 15) is 9.59 Å². The molecule has 34 heavy (non-hydrogen) atoms. The summed E-state index contributed by atoms with van der Waals surface area (Å²) in [6, 6.07) is 7.42. The van der Waals surface area contributed by atoms with Crippen LogP contribution in [0.5, 0.6) is 5.75 Å². The summed E-state index contributed by atoms with van der Waals surface area (Å²) < 4.78 is 17.0. The lowest BCUT2D eigenvalue weighted by Crippen LogP contribution is -2.47. The fourth-order valence-electron chi connectivity index (χ4n) is 4.46. The number of ether oxygens (including phenoxy) is 3. The molecule has 8 nitrogen and oxygen atoms in total. The van der Waals surface area contributed by atoms with Crippen molar-refractivity contribution >= 4 is 12.0 Å². The van der Waals surface area contributed by atoms with E-state index in [4.69, 9.17) is 14.2 Å². The molecular formula is C26H41N3O5. The van der Waals surface area contributed by atoms with Crippen molar-refractivity contribution in [3.63, 3.8) is 0 Å². The normalized spacial score (nSPS) is 22.3. The molecule has 0 aliphatic carbocycles. The van der Waals surface area contributed by atoms with Gasteiger partial charge >= 0.3 is 6.09 Å². The Morgan fingerprint density at radius 2 is 1.79 bits per heavy atom. The molecule has 0 radical (unpaired) electrons. The first kappa shape index (κ1) is 26.3. The fraction of sp³-hybridized carbons (Fsp3) is 0.692. The quantitative estimate of drug-likeness (QED) is 0.645. The highest BCUT2D eigenvalue weighted by molar-refractivity contribution is 5.97. The number of fused-ring (bicyclic) bond motifs is 1. The molecule has 1 saturated heterocycles. The molecule has 8 heteroatoms. The Morgan fingerprint density at radius 3 is 2.56 bits per heavy atom.